The number of rotatable bonds is 9. The van der Waals surface area contributed by atoms with Crippen LogP contribution in [0.1, 0.15) is 12.5 Å². The lowest BCUT2D eigenvalue weighted by atomic mass is 10.2. The summed E-state index contributed by atoms with van der Waals surface area (Å²) < 4.78 is 41.9. The maximum absolute atomic E-state index is 11.0. The zero-order chi connectivity index (χ0) is 23.0. The summed E-state index contributed by atoms with van der Waals surface area (Å²) in [6.07, 6.45) is 0. The Hall–Kier alpha value is -3.63. The minimum absolute atomic E-state index is 0.409. The van der Waals surface area contributed by atoms with Crippen LogP contribution >= 0.6 is 0 Å². The van der Waals surface area contributed by atoms with Crippen LogP contribution in [0.15, 0.2) is 87.2 Å². The minimum atomic E-state index is -4.12. The zero-order valence-corrected chi connectivity index (χ0v) is 18.4. The Morgan fingerprint density at radius 2 is 1.50 bits per heavy atom. The molecule has 3 aromatic carbocycles. The van der Waals surface area contributed by atoms with Crippen molar-refractivity contribution in [3.05, 3.63) is 72.3 Å². The maximum Gasteiger partial charge on any atom is 0.269 e. The van der Waals surface area contributed by atoms with E-state index in [2.05, 4.69) is 20.5 Å². The fourth-order valence-corrected chi connectivity index (χ4v) is 3.33. The fourth-order valence-electron chi connectivity index (χ4n) is 2.73. The van der Waals surface area contributed by atoms with Gasteiger partial charge in [0.15, 0.2) is 0 Å². The number of ether oxygens (including phenoxy) is 2. The summed E-state index contributed by atoms with van der Waals surface area (Å²) in [4.78, 5) is 0. The molecule has 0 atom stereocenters. The quantitative estimate of drug-likeness (QED) is 0.300. The summed E-state index contributed by atoms with van der Waals surface area (Å²) in [7, 11) is -2.60. The van der Waals surface area contributed by atoms with Gasteiger partial charge in [-0.1, -0.05) is 12.1 Å². The Morgan fingerprint density at radius 1 is 0.844 bits per heavy atom. The third-order valence-corrected chi connectivity index (χ3v) is 4.82. The van der Waals surface area contributed by atoms with E-state index in [4.69, 9.17) is 14.0 Å². The van der Waals surface area contributed by atoms with Crippen molar-refractivity contribution in [2.24, 2.45) is 20.5 Å². The Labute approximate surface area is 186 Å². The molecule has 32 heavy (non-hydrogen) atoms. The smallest absolute Gasteiger partial charge is 0.269 e. The number of methoxy groups -OCH3 is 1. The molecular weight excluding hydrogens is 432 g/mol. The molecule has 0 unspecified atom stereocenters. The topological polar surface area (TPSA) is 122 Å². The van der Waals surface area contributed by atoms with Crippen LogP contribution in [-0.2, 0) is 15.9 Å². The molecule has 0 radical (unpaired) electrons. The highest BCUT2D eigenvalue weighted by molar-refractivity contribution is 7.85. The monoisotopic (exact) mass is 454 g/mol. The molecule has 0 bridgehead atoms. The summed E-state index contributed by atoms with van der Waals surface area (Å²) in [6, 6.07) is 18.8. The molecule has 0 aliphatic carbocycles. The number of nitrogens with zero attached hydrogens (tertiary/aromatic N) is 4. The second kappa shape index (κ2) is 10.6. The van der Waals surface area contributed by atoms with Crippen molar-refractivity contribution in [1.29, 1.82) is 0 Å². The van der Waals surface area contributed by atoms with Gasteiger partial charge in [0.1, 0.15) is 22.9 Å². The number of hydrogen-bond acceptors (Lipinski definition) is 8. The first kappa shape index (κ1) is 23.0. The maximum atomic E-state index is 11.0. The second-order valence-corrected chi connectivity index (χ2v) is 8.03. The van der Waals surface area contributed by atoms with Crippen molar-refractivity contribution in [2.75, 3.05) is 13.7 Å². The van der Waals surface area contributed by atoms with E-state index in [-0.39, 0.29) is 0 Å². The molecule has 3 aromatic rings. The molecule has 0 aliphatic rings. The van der Waals surface area contributed by atoms with Crippen molar-refractivity contribution >= 4 is 32.9 Å². The van der Waals surface area contributed by atoms with Gasteiger partial charge in [-0.2, -0.15) is 23.8 Å². The average Bonchev–Trinajstić information content (AvgIpc) is 2.77. The normalized spacial score (nSPS) is 11.8. The highest BCUT2D eigenvalue weighted by atomic mass is 32.2. The van der Waals surface area contributed by atoms with Crippen LogP contribution < -0.4 is 9.47 Å². The number of azo groups is 2. The van der Waals surface area contributed by atoms with Crippen LogP contribution in [0.2, 0.25) is 0 Å². The van der Waals surface area contributed by atoms with Gasteiger partial charge < -0.3 is 9.47 Å². The fraction of sp³-hybridized carbons (Fsp3) is 0.182. The van der Waals surface area contributed by atoms with Gasteiger partial charge in [-0.3, -0.25) is 4.55 Å². The van der Waals surface area contributed by atoms with Gasteiger partial charge in [0.05, 0.1) is 30.8 Å². The van der Waals surface area contributed by atoms with Crippen molar-refractivity contribution in [3.63, 3.8) is 0 Å². The third kappa shape index (κ3) is 6.96. The van der Waals surface area contributed by atoms with Gasteiger partial charge in [0.25, 0.3) is 10.1 Å². The molecule has 166 valence electrons. The van der Waals surface area contributed by atoms with Crippen molar-refractivity contribution in [2.45, 2.75) is 12.7 Å². The summed E-state index contributed by atoms with van der Waals surface area (Å²) in [6.45, 7) is 2.52. The standard InChI is InChI=1S/C22H22N4O5S/c1-3-31-20-10-7-17(8-11-20)23-26-21-12-9-19(14-22(21)30-2)25-24-18-6-4-5-16(13-18)15-32(27,28)29/h4-14H,3,15H2,1-2H3,(H,27,28,29). The van der Waals surface area contributed by atoms with Gasteiger partial charge in [-0.05, 0) is 61.0 Å². The SMILES string of the molecule is CCOc1ccc(N=Nc2ccc(N=Nc3cccc(CS(=O)(=O)O)c3)cc2OC)cc1. The lowest BCUT2D eigenvalue weighted by molar-refractivity contribution is 0.340. The first-order chi connectivity index (χ1) is 15.4. The van der Waals surface area contributed by atoms with Crippen molar-refractivity contribution in [1.82, 2.24) is 0 Å². The van der Waals surface area contributed by atoms with Crippen LogP contribution in [0.25, 0.3) is 0 Å². The summed E-state index contributed by atoms with van der Waals surface area (Å²) in [5, 5.41) is 16.7. The molecule has 3 rings (SSSR count). The molecule has 0 aromatic heterocycles. The van der Waals surface area contributed by atoms with Crippen LogP contribution in [0.4, 0.5) is 22.7 Å². The molecule has 9 nitrogen and oxygen atoms in total. The molecule has 1 N–H and O–H groups in total. The zero-order valence-electron chi connectivity index (χ0n) is 17.5. The van der Waals surface area contributed by atoms with E-state index >= 15 is 0 Å². The van der Waals surface area contributed by atoms with Gasteiger partial charge in [-0.15, -0.1) is 5.11 Å². The lowest BCUT2D eigenvalue weighted by Crippen LogP contribution is -2.00. The first-order valence-electron chi connectivity index (χ1n) is 9.65. The molecule has 0 spiro atoms. The van der Waals surface area contributed by atoms with Crippen molar-refractivity contribution in [3.8, 4) is 11.5 Å². The summed E-state index contributed by atoms with van der Waals surface area (Å²) >= 11 is 0. The molecular formula is C22H22N4O5S. The Morgan fingerprint density at radius 3 is 2.16 bits per heavy atom. The highest BCUT2D eigenvalue weighted by Gasteiger charge is 2.07. The molecule has 0 fully saturated rings. The third-order valence-electron chi connectivity index (χ3n) is 4.12. The molecule has 0 saturated heterocycles. The van der Waals surface area contributed by atoms with E-state index in [1.54, 1.807) is 48.5 Å². The van der Waals surface area contributed by atoms with E-state index in [1.165, 1.54) is 13.2 Å². The molecule has 0 aliphatic heterocycles. The van der Waals surface area contributed by atoms with Crippen LogP contribution in [-0.4, -0.2) is 26.7 Å². The Balaban J connectivity index is 1.74. The molecule has 10 heteroatoms. The van der Waals surface area contributed by atoms with E-state index in [1.807, 2.05) is 19.1 Å². The summed E-state index contributed by atoms with van der Waals surface area (Å²) in [5.74, 6) is 0.747. The van der Waals surface area contributed by atoms with Crippen LogP contribution in [0.3, 0.4) is 0 Å². The van der Waals surface area contributed by atoms with E-state index < -0.39 is 15.9 Å². The van der Waals surface area contributed by atoms with Gasteiger partial charge in [0, 0.05) is 6.07 Å². The second-order valence-electron chi connectivity index (χ2n) is 6.58. The van der Waals surface area contributed by atoms with E-state index in [0.717, 1.165) is 5.75 Å². The van der Waals surface area contributed by atoms with Gasteiger partial charge in [-0.25, -0.2) is 0 Å². The van der Waals surface area contributed by atoms with E-state index in [0.29, 0.717) is 40.7 Å². The molecule has 0 heterocycles. The van der Waals surface area contributed by atoms with E-state index in [9.17, 15) is 8.42 Å². The van der Waals surface area contributed by atoms with Gasteiger partial charge >= 0.3 is 0 Å². The Bertz CT molecular complexity index is 1230. The Kier molecular flexibility index (Phi) is 7.63. The average molecular weight is 455 g/mol. The van der Waals surface area contributed by atoms with Crippen molar-refractivity contribution < 1.29 is 22.4 Å². The summed E-state index contributed by atoms with van der Waals surface area (Å²) in [5.41, 5.74) is 2.57. The number of hydrogen-bond donors (Lipinski definition) is 1. The largest absolute Gasteiger partial charge is 0.494 e. The van der Waals surface area contributed by atoms with Crippen LogP contribution in [0.5, 0.6) is 11.5 Å². The van der Waals surface area contributed by atoms with Gasteiger partial charge in [0.2, 0.25) is 0 Å². The number of benzene rings is 3. The highest BCUT2D eigenvalue weighted by Crippen LogP contribution is 2.33. The lowest BCUT2D eigenvalue weighted by Gasteiger charge is -2.05. The first-order valence-corrected chi connectivity index (χ1v) is 11.3. The molecule has 0 saturated carbocycles. The predicted octanol–water partition coefficient (Wildman–Crippen LogP) is 6.31. The molecule has 0 amide bonds. The minimum Gasteiger partial charge on any atom is -0.494 e. The van der Waals surface area contributed by atoms with Crippen LogP contribution in [0, 0.1) is 0 Å². The predicted molar refractivity (Wildman–Crippen MR) is 121 cm³/mol.